The number of carbonyl (C=O) groups is 4. The third-order valence-corrected chi connectivity index (χ3v) is 4.86. The normalized spacial score (nSPS) is 15.4. The summed E-state index contributed by atoms with van der Waals surface area (Å²) in [5.74, 6) is -1.85. The average Bonchev–Trinajstić information content (AvgIpc) is 3.05. The van der Waals surface area contributed by atoms with Gasteiger partial charge in [0.15, 0.2) is 0 Å². The van der Waals surface area contributed by atoms with E-state index in [1.165, 1.54) is 54.3 Å². The molecule has 1 saturated heterocycles. The monoisotopic (exact) mass is 436 g/mol. The lowest BCUT2D eigenvalue weighted by Crippen LogP contribution is -2.45. The first-order valence-electron chi connectivity index (χ1n) is 9.63. The number of non-ortho nitro benzene ring substituents is 1. The molecule has 0 saturated carbocycles. The first kappa shape index (κ1) is 22.3. The van der Waals surface area contributed by atoms with Crippen LogP contribution in [0.25, 0.3) is 0 Å². The highest BCUT2D eigenvalue weighted by Crippen LogP contribution is 2.28. The van der Waals surface area contributed by atoms with Crippen molar-refractivity contribution < 1.29 is 24.1 Å². The van der Waals surface area contributed by atoms with Crippen LogP contribution in [0.1, 0.15) is 23.7 Å². The first-order valence-corrected chi connectivity index (χ1v) is 9.63. The third-order valence-electron chi connectivity index (χ3n) is 4.86. The second-order valence-corrected chi connectivity index (χ2v) is 7.07. The number of anilines is 2. The fourth-order valence-electron chi connectivity index (χ4n) is 3.41. The lowest BCUT2D eigenvalue weighted by atomic mass is 10.1. The van der Waals surface area contributed by atoms with Gasteiger partial charge in [0.05, 0.1) is 17.0 Å². The zero-order chi connectivity index (χ0) is 23.4. The summed E-state index contributed by atoms with van der Waals surface area (Å²) >= 11 is 0. The number of nitro benzene ring substituents is 1. The SMILES string of the molecule is C=CCN(C(=O)c1ccc([N+](=O)[O-])cc1)C1CC(=O)N(c2ccc(NC(C)=O)cc2)C1=O. The minimum Gasteiger partial charge on any atom is -0.326 e. The van der Waals surface area contributed by atoms with Crippen molar-refractivity contribution in [2.45, 2.75) is 19.4 Å². The summed E-state index contributed by atoms with van der Waals surface area (Å²) in [4.78, 5) is 62.4. The second-order valence-electron chi connectivity index (χ2n) is 7.07. The minimum atomic E-state index is -1.04. The molecule has 1 atom stereocenters. The highest BCUT2D eigenvalue weighted by atomic mass is 16.6. The van der Waals surface area contributed by atoms with E-state index in [0.717, 1.165) is 4.90 Å². The van der Waals surface area contributed by atoms with Crippen molar-refractivity contribution in [2.24, 2.45) is 0 Å². The predicted octanol–water partition coefficient (Wildman–Crippen LogP) is 2.51. The van der Waals surface area contributed by atoms with Gasteiger partial charge in [-0.25, -0.2) is 4.90 Å². The maximum absolute atomic E-state index is 13.1. The van der Waals surface area contributed by atoms with Crippen LogP contribution in [0.15, 0.2) is 61.2 Å². The van der Waals surface area contributed by atoms with Gasteiger partial charge in [0, 0.05) is 36.9 Å². The maximum atomic E-state index is 13.1. The van der Waals surface area contributed by atoms with Gasteiger partial charge in [0.2, 0.25) is 11.8 Å². The van der Waals surface area contributed by atoms with Crippen LogP contribution < -0.4 is 10.2 Å². The molecule has 2 aromatic carbocycles. The number of imide groups is 1. The van der Waals surface area contributed by atoms with E-state index in [9.17, 15) is 29.3 Å². The molecule has 10 nitrogen and oxygen atoms in total. The average molecular weight is 436 g/mol. The second kappa shape index (κ2) is 9.21. The quantitative estimate of drug-likeness (QED) is 0.307. The molecule has 2 aromatic rings. The Hall–Kier alpha value is -4.34. The molecule has 10 heteroatoms. The standard InChI is InChI=1S/C22H20N4O6/c1-3-12-24(21(29)15-4-8-18(9-5-15)26(31)32)19-13-20(28)25(22(19)30)17-10-6-16(7-11-17)23-14(2)27/h3-11,19H,1,12-13H2,2H3,(H,23,27). The Morgan fingerprint density at radius 1 is 1.19 bits per heavy atom. The van der Waals surface area contributed by atoms with Gasteiger partial charge in [0.25, 0.3) is 17.5 Å². The number of nitrogens with zero attached hydrogens (tertiary/aromatic N) is 3. The van der Waals surface area contributed by atoms with Gasteiger partial charge in [-0.1, -0.05) is 6.08 Å². The van der Waals surface area contributed by atoms with Gasteiger partial charge in [-0.2, -0.15) is 0 Å². The van der Waals surface area contributed by atoms with Crippen molar-refractivity contribution in [3.8, 4) is 0 Å². The highest BCUT2D eigenvalue weighted by Gasteiger charge is 2.44. The van der Waals surface area contributed by atoms with Crippen LogP contribution in [-0.4, -0.2) is 46.0 Å². The largest absolute Gasteiger partial charge is 0.326 e. The lowest BCUT2D eigenvalue weighted by molar-refractivity contribution is -0.384. The summed E-state index contributed by atoms with van der Waals surface area (Å²) in [5.41, 5.74) is 0.810. The molecule has 0 spiro atoms. The van der Waals surface area contributed by atoms with E-state index in [0.29, 0.717) is 11.4 Å². The predicted molar refractivity (Wildman–Crippen MR) is 116 cm³/mol. The Bertz CT molecular complexity index is 1090. The van der Waals surface area contributed by atoms with Crippen molar-refractivity contribution in [1.29, 1.82) is 0 Å². The first-order chi connectivity index (χ1) is 15.2. The molecule has 3 rings (SSSR count). The summed E-state index contributed by atoms with van der Waals surface area (Å²) < 4.78 is 0. The summed E-state index contributed by atoms with van der Waals surface area (Å²) in [7, 11) is 0. The van der Waals surface area contributed by atoms with Gasteiger partial charge >= 0.3 is 0 Å². The van der Waals surface area contributed by atoms with Gasteiger partial charge in [-0.05, 0) is 36.4 Å². The van der Waals surface area contributed by atoms with Crippen molar-refractivity contribution in [2.75, 3.05) is 16.8 Å². The van der Waals surface area contributed by atoms with Crippen molar-refractivity contribution >= 4 is 40.7 Å². The van der Waals surface area contributed by atoms with Crippen LogP contribution in [0.5, 0.6) is 0 Å². The zero-order valence-corrected chi connectivity index (χ0v) is 17.2. The highest BCUT2D eigenvalue weighted by molar-refractivity contribution is 6.23. The van der Waals surface area contributed by atoms with E-state index in [-0.39, 0.29) is 30.1 Å². The van der Waals surface area contributed by atoms with Crippen molar-refractivity contribution in [3.05, 3.63) is 76.9 Å². The van der Waals surface area contributed by atoms with E-state index in [4.69, 9.17) is 0 Å². The fraction of sp³-hybridized carbons (Fsp3) is 0.182. The van der Waals surface area contributed by atoms with E-state index in [1.54, 1.807) is 12.1 Å². The number of rotatable bonds is 7. The molecule has 1 fully saturated rings. The zero-order valence-electron chi connectivity index (χ0n) is 17.2. The third kappa shape index (κ3) is 4.53. The molecule has 0 radical (unpaired) electrons. The number of amides is 4. The van der Waals surface area contributed by atoms with E-state index < -0.39 is 28.7 Å². The minimum absolute atomic E-state index is 0.00875. The van der Waals surface area contributed by atoms with Crippen LogP contribution in [-0.2, 0) is 14.4 Å². The van der Waals surface area contributed by atoms with Crippen LogP contribution in [0.3, 0.4) is 0 Å². The summed E-state index contributed by atoms with van der Waals surface area (Å²) in [6, 6.07) is 10.1. The molecule has 0 aliphatic carbocycles. The number of benzene rings is 2. The molecule has 0 bridgehead atoms. The Labute approximate surface area is 183 Å². The summed E-state index contributed by atoms with van der Waals surface area (Å²) in [6.07, 6.45) is 1.23. The number of nitro groups is 1. The van der Waals surface area contributed by atoms with Crippen LogP contribution >= 0.6 is 0 Å². The van der Waals surface area contributed by atoms with Gasteiger partial charge in [-0.15, -0.1) is 6.58 Å². The van der Waals surface area contributed by atoms with E-state index >= 15 is 0 Å². The van der Waals surface area contributed by atoms with Gasteiger partial charge < -0.3 is 10.2 Å². The molecule has 1 aliphatic rings. The molecule has 4 amide bonds. The molecular weight excluding hydrogens is 416 g/mol. The summed E-state index contributed by atoms with van der Waals surface area (Å²) in [5, 5.41) is 13.4. The van der Waals surface area contributed by atoms with Crippen LogP contribution in [0, 0.1) is 10.1 Å². The topological polar surface area (TPSA) is 130 Å². The van der Waals surface area contributed by atoms with E-state index in [1.807, 2.05) is 0 Å². The molecule has 1 unspecified atom stereocenters. The Kier molecular flexibility index (Phi) is 6.43. The molecule has 1 heterocycles. The Morgan fingerprint density at radius 2 is 1.81 bits per heavy atom. The maximum Gasteiger partial charge on any atom is 0.269 e. The molecule has 0 aromatic heterocycles. The molecular formula is C22H20N4O6. The van der Waals surface area contributed by atoms with Gasteiger partial charge in [-0.3, -0.25) is 29.3 Å². The molecule has 1 N–H and O–H groups in total. The van der Waals surface area contributed by atoms with Crippen LogP contribution in [0.2, 0.25) is 0 Å². The fourth-order valence-corrected chi connectivity index (χ4v) is 3.41. The van der Waals surface area contributed by atoms with Crippen molar-refractivity contribution in [3.63, 3.8) is 0 Å². The summed E-state index contributed by atoms with van der Waals surface area (Å²) in [6.45, 7) is 4.98. The smallest absolute Gasteiger partial charge is 0.269 e. The Morgan fingerprint density at radius 3 is 2.34 bits per heavy atom. The molecule has 32 heavy (non-hydrogen) atoms. The lowest BCUT2D eigenvalue weighted by Gasteiger charge is -2.26. The number of hydrogen-bond acceptors (Lipinski definition) is 6. The van der Waals surface area contributed by atoms with E-state index in [2.05, 4.69) is 11.9 Å². The molecule has 1 aliphatic heterocycles. The van der Waals surface area contributed by atoms with Crippen LogP contribution in [0.4, 0.5) is 17.1 Å². The number of nitrogens with one attached hydrogen (secondary N) is 1. The number of hydrogen-bond donors (Lipinski definition) is 1. The Balaban J connectivity index is 1.84. The number of carbonyl (C=O) groups excluding carboxylic acids is 4. The van der Waals surface area contributed by atoms with Gasteiger partial charge in [0.1, 0.15) is 6.04 Å². The van der Waals surface area contributed by atoms with Crippen molar-refractivity contribution in [1.82, 2.24) is 4.90 Å². The molecule has 164 valence electrons.